The number of carbonyl (C=O) groups is 3. The van der Waals surface area contributed by atoms with E-state index in [-0.39, 0.29) is 26.1 Å². The number of hydrogen-bond acceptors (Lipinski definition) is 10. The molecule has 0 aliphatic carbocycles. The zero-order chi connectivity index (χ0) is 37.5. The van der Waals surface area contributed by atoms with Crippen LogP contribution in [0.25, 0.3) is 0 Å². The maximum Gasteiger partial charge on any atom is 0.335 e. The molecule has 300 valence electrons. The van der Waals surface area contributed by atoms with E-state index in [4.69, 9.17) is 18.9 Å². The summed E-state index contributed by atoms with van der Waals surface area (Å²) in [7, 11) is 0. The number of ether oxygens (including phenoxy) is 4. The lowest BCUT2D eigenvalue weighted by Crippen LogP contribution is -2.60. The molecule has 6 atom stereocenters. The van der Waals surface area contributed by atoms with Crippen LogP contribution in [0.15, 0.2) is 0 Å². The fraction of sp³-hybridized carbons (Fsp3) is 0.925. The van der Waals surface area contributed by atoms with Crippen LogP contribution in [0.1, 0.15) is 187 Å². The first kappa shape index (κ1) is 47.2. The third kappa shape index (κ3) is 24.2. The number of esters is 2. The molecule has 0 aromatic carbocycles. The number of carboxylic acids is 1. The summed E-state index contributed by atoms with van der Waals surface area (Å²) in [4.78, 5) is 36.6. The van der Waals surface area contributed by atoms with Gasteiger partial charge in [-0.25, -0.2) is 4.79 Å². The van der Waals surface area contributed by atoms with Crippen LogP contribution < -0.4 is 0 Å². The monoisotopic (exact) mass is 731 g/mol. The van der Waals surface area contributed by atoms with Crippen molar-refractivity contribution >= 4 is 17.9 Å². The highest BCUT2D eigenvalue weighted by Crippen LogP contribution is 2.23. The molecular weight excluding hydrogens is 656 g/mol. The van der Waals surface area contributed by atoms with E-state index in [2.05, 4.69) is 13.8 Å². The second kappa shape index (κ2) is 31.7. The van der Waals surface area contributed by atoms with Gasteiger partial charge in [-0.15, -0.1) is 0 Å². The highest BCUT2D eigenvalue weighted by atomic mass is 16.7. The lowest BCUT2D eigenvalue weighted by atomic mass is 9.99. The highest BCUT2D eigenvalue weighted by Gasteiger charge is 2.47. The van der Waals surface area contributed by atoms with Gasteiger partial charge in [0.2, 0.25) is 0 Å². The van der Waals surface area contributed by atoms with Crippen LogP contribution in [0.3, 0.4) is 0 Å². The molecule has 1 saturated heterocycles. The number of carboxylic acid groups (broad SMARTS) is 1. The zero-order valence-electron chi connectivity index (χ0n) is 32.1. The van der Waals surface area contributed by atoms with Crippen molar-refractivity contribution < 1.29 is 53.8 Å². The van der Waals surface area contributed by atoms with Gasteiger partial charge in [0.1, 0.15) is 24.9 Å². The number of aliphatic hydroxyl groups is 3. The second-order valence-electron chi connectivity index (χ2n) is 14.5. The van der Waals surface area contributed by atoms with Crippen LogP contribution in [0.4, 0.5) is 0 Å². The zero-order valence-corrected chi connectivity index (χ0v) is 32.1. The largest absolute Gasteiger partial charge is 0.479 e. The molecule has 1 aliphatic rings. The van der Waals surface area contributed by atoms with Crippen molar-refractivity contribution in [3.05, 3.63) is 0 Å². The summed E-state index contributed by atoms with van der Waals surface area (Å²) in [5, 5.41) is 39.6. The molecule has 1 heterocycles. The summed E-state index contributed by atoms with van der Waals surface area (Å²) >= 11 is 0. The van der Waals surface area contributed by atoms with Gasteiger partial charge in [0.15, 0.2) is 18.5 Å². The van der Waals surface area contributed by atoms with Crippen molar-refractivity contribution in [1.29, 1.82) is 0 Å². The van der Waals surface area contributed by atoms with Crippen LogP contribution in [-0.4, -0.2) is 88.4 Å². The Bertz CT molecular complexity index is 869. The molecule has 0 bridgehead atoms. The number of hydrogen-bond donors (Lipinski definition) is 4. The smallest absolute Gasteiger partial charge is 0.335 e. The predicted molar refractivity (Wildman–Crippen MR) is 197 cm³/mol. The van der Waals surface area contributed by atoms with Gasteiger partial charge in [0.05, 0.1) is 6.61 Å². The van der Waals surface area contributed by atoms with Crippen molar-refractivity contribution in [1.82, 2.24) is 0 Å². The molecule has 11 heteroatoms. The van der Waals surface area contributed by atoms with Crippen LogP contribution in [-0.2, 0) is 33.3 Å². The van der Waals surface area contributed by atoms with Crippen LogP contribution in [0, 0.1) is 0 Å². The summed E-state index contributed by atoms with van der Waals surface area (Å²) in [6.07, 6.45) is 20.3. The Morgan fingerprint density at radius 3 is 1.33 bits per heavy atom. The minimum atomic E-state index is -1.85. The van der Waals surface area contributed by atoms with E-state index in [1.165, 1.54) is 109 Å². The molecule has 0 spiro atoms. The Hall–Kier alpha value is -1.79. The summed E-state index contributed by atoms with van der Waals surface area (Å²) in [5.74, 6) is -2.43. The van der Waals surface area contributed by atoms with E-state index in [1.807, 2.05) is 0 Å². The highest BCUT2D eigenvalue weighted by molar-refractivity contribution is 5.73. The molecule has 0 radical (unpaired) electrons. The van der Waals surface area contributed by atoms with E-state index in [0.29, 0.717) is 12.8 Å². The standard InChI is InChI=1S/C40H74O11/c1-3-5-7-9-11-13-14-15-16-17-18-19-21-22-24-26-28-33(41)48-30-32(50-34(42)29-27-25-23-20-12-10-8-6-4-2)31-49-40-37(45)35(43)36(44)38(51-40)39(46)47/h32,35-38,40,43-45H,3-31H2,1-2H3,(H,46,47). The molecule has 0 aromatic heterocycles. The Balaban J connectivity index is 2.36. The third-order valence-corrected chi connectivity index (χ3v) is 9.71. The number of unbranched alkanes of at least 4 members (excludes halogenated alkanes) is 23. The van der Waals surface area contributed by atoms with Crippen molar-refractivity contribution in [2.24, 2.45) is 0 Å². The Morgan fingerprint density at radius 2 is 0.922 bits per heavy atom. The number of aliphatic carboxylic acids is 1. The maximum absolute atomic E-state index is 12.6. The third-order valence-electron chi connectivity index (χ3n) is 9.71. The number of aliphatic hydroxyl groups excluding tert-OH is 3. The van der Waals surface area contributed by atoms with Crippen molar-refractivity contribution in [3.63, 3.8) is 0 Å². The molecule has 4 N–H and O–H groups in total. The second-order valence-corrected chi connectivity index (χ2v) is 14.5. The van der Waals surface area contributed by atoms with E-state index < -0.39 is 54.7 Å². The normalized spacial score (nSPS) is 21.0. The Kier molecular flexibility index (Phi) is 29.4. The van der Waals surface area contributed by atoms with Gasteiger partial charge < -0.3 is 39.4 Å². The molecule has 1 rings (SSSR count). The Labute approximate surface area is 308 Å². The van der Waals surface area contributed by atoms with Gasteiger partial charge in [0, 0.05) is 12.8 Å². The minimum Gasteiger partial charge on any atom is -0.479 e. The average molecular weight is 731 g/mol. The first-order valence-electron chi connectivity index (χ1n) is 20.6. The fourth-order valence-electron chi connectivity index (χ4n) is 6.41. The molecule has 0 aromatic rings. The summed E-state index contributed by atoms with van der Waals surface area (Å²) in [5.41, 5.74) is 0. The first-order chi connectivity index (χ1) is 24.7. The van der Waals surface area contributed by atoms with Gasteiger partial charge in [-0.05, 0) is 12.8 Å². The van der Waals surface area contributed by atoms with Crippen LogP contribution in [0.2, 0.25) is 0 Å². The van der Waals surface area contributed by atoms with E-state index in [0.717, 1.165) is 38.5 Å². The topological polar surface area (TPSA) is 169 Å². The minimum absolute atomic E-state index is 0.189. The van der Waals surface area contributed by atoms with Crippen molar-refractivity contribution in [2.45, 2.75) is 224 Å². The van der Waals surface area contributed by atoms with Crippen LogP contribution in [0.5, 0.6) is 0 Å². The molecular formula is C40H74O11. The molecule has 0 amide bonds. The maximum atomic E-state index is 12.6. The van der Waals surface area contributed by atoms with Gasteiger partial charge in [-0.1, -0.05) is 162 Å². The summed E-state index contributed by atoms with van der Waals surface area (Å²) < 4.78 is 21.6. The molecule has 1 fully saturated rings. The average Bonchev–Trinajstić information content (AvgIpc) is 3.11. The van der Waals surface area contributed by atoms with Gasteiger partial charge in [-0.3, -0.25) is 9.59 Å². The lowest BCUT2D eigenvalue weighted by molar-refractivity contribution is -0.298. The summed E-state index contributed by atoms with van der Waals surface area (Å²) in [6, 6.07) is 0. The molecule has 6 unspecified atom stereocenters. The van der Waals surface area contributed by atoms with Gasteiger partial charge >= 0.3 is 17.9 Å². The Morgan fingerprint density at radius 1 is 0.529 bits per heavy atom. The van der Waals surface area contributed by atoms with Crippen LogP contribution >= 0.6 is 0 Å². The number of rotatable bonds is 34. The van der Waals surface area contributed by atoms with Gasteiger partial charge in [0.25, 0.3) is 0 Å². The quantitative estimate of drug-likeness (QED) is 0.0375. The van der Waals surface area contributed by atoms with E-state index in [9.17, 15) is 34.8 Å². The van der Waals surface area contributed by atoms with E-state index in [1.54, 1.807) is 0 Å². The number of carbonyl (C=O) groups excluding carboxylic acids is 2. The van der Waals surface area contributed by atoms with Gasteiger partial charge in [-0.2, -0.15) is 0 Å². The van der Waals surface area contributed by atoms with Crippen molar-refractivity contribution in [2.75, 3.05) is 13.2 Å². The van der Waals surface area contributed by atoms with E-state index >= 15 is 0 Å². The van der Waals surface area contributed by atoms with Crippen molar-refractivity contribution in [3.8, 4) is 0 Å². The fourth-order valence-corrected chi connectivity index (χ4v) is 6.41. The molecule has 0 saturated carbocycles. The molecule has 51 heavy (non-hydrogen) atoms. The lowest BCUT2D eigenvalue weighted by Gasteiger charge is -2.38. The molecule has 11 nitrogen and oxygen atoms in total. The molecule has 1 aliphatic heterocycles. The SMILES string of the molecule is CCCCCCCCCCCCCCCCCCC(=O)OCC(COC1OC(C(=O)O)C(O)C(O)C1O)OC(=O)CCCCCCCCCCC. The first-order valence-corrected chi connectivity index (χ1v) is 20.6. The predicted octanol–water partition coefficient (Wildman–Crippen LogP) is 7.92. The summed E-state index contributed by atoms with van der Waals surface area (Å²) in [6.45, 7) is 3.79.